The molecule has 0 saturated heterocycles. The van der Waals surface area contributed by atoms with Gasteiger partial charge >= 0.3 is 5.97 Å². The third-order valence-electron chi connectivity index (χ3n) is 2.74. The van der Waals surface area contributed by atoms with Crippen molar-refractivity contribution in [1.29, 1.82) is 0 Å². The molecule has 6 nitrogen and oxygen atoms in total. The molecule has 0 fully saturated rings. The maximum atomic E-state index is 11.9. The van der Waals surface area contributed by atoms with Gasteiger partial charge in [-0.05, 0) is 17.7 Å². The SMILES string of the molecule is COc1ccc(-c2coc(C(=O)O)cc2=O)cc1OC. The maximum absolute atomic E-state index is 11.9. The van der Waals surface area contributed by atoms with Crippen molar-refractivity contribution in [3.05, 3.63) is 46.5 Å². The number of carbonyl (C=O) groups is 1. The third kappa shape index (κ3) is 2.49. The number of carboxylic acids is 1. The third-order valence-corrected chi connectivity index (χ3v) is 2.74. The van der Waals surface area contributed by atoms with Crippen molar-refractivity contribution in [2.75, 3.05) is 14.2 Å². The molecule has 1 N–H and O–H groups in total. The van der Waals surface area contributed by atoms with Gasteiger partial charge in [0.1, 0.15) is 6.26 Å². The molecule has 0 aliphatic carbocycles. The highest BCUT2D eigenvalue weighted by molar-refractivity contribution is 5.84. The van der Waals surface area contributed by atoms with Crippen molar-refractivity contribution in [2.24, 2.45) is 0 Å². The van der Waals surface area contributed by atoms with E-state index in [4.69, 9.17) is 19.0 Å². The second-order valence-electron chi connectivity index (χ2n) is 3.90. The summed E-state index contributed by atoms with van der Waals surface area (Å²) in [5.41, 5.74) is 0.352. The summed E-state index contributed by atoms with van der Waals surface area (Å²) < 4.78 is 15.2. The van der Waals surface area contributed by atoms with Crippen LogP contribution in [0.1, 0.15) is 10.6 Å². The fraction of sp³-hybridized carbons (Fsp3) is 0.143. The first-order chi connectivity index (χ1) is 9.56. The lowest BCUT2D eigenvalue weighted by Gasteiger charge is -2.09. The van der Waals surface area contributed by atoms with Crippen molar-refractivity contribution in [3.8, 4) is 22.6 Å². The van der Waals surface area contributed by atoms with E-state index in [2.05, 4.69) is 0 Å². The molecule has 0 radical (unpaired) electrons. The van der Waals surface area contributed by atoms with Gasteiger partial charge in [0.2, 0.25) is 5.76 Å². The smallest absolute Gasteiger partial charge is 0.371 e. The molecule has 104 valence electrons. The molecule has 1 aromatic heterocycles. The van der Waals surface area contributed by atoms with Gasteiger partial charge in [0.05, 0.1) is 19.8 Å². The standard InChI is InChI=1S/C14H12O6/c1-18-11-4-3-8(5-12(11)19-2)9-7-20-13(14(16)17)6-10(9)15/h3-7H,1-2H3,(H,16,17). The first-order valence-electron chi connectivity index (χ1n) is 5.65. The molecular formula is C14H12O6. The molecule has 0 unspecified atom stereocenters. The number of ether oxygens (including phenoxy) is 2. The zero-order valence-electron chi connectivity index (χ0n) is 10.9. The molecule has 0 aliphatic heterocycles. The molecule has 20 heavy (non-hydrogen) atoms. The lowest BCUT2D eigenvalue weighted by molar-refractivity contribution is 0.0659. The molecular weight excluding hydrogens is 264 g/mol. The molecule has 1 aromatic carbocycles. The van der Waals surface area contributed by atoms with E-state index in [1.807, 2.05) is 0 Å². The average molecular weight is 276 g/mol. The Kier molecular flexibility index (Phi) is 3.74. The van der Waals surface area contributed by atoms with Gasteiger partial charge in [0, 0.05) is 6.07 Å². The molecule has 0 aliphatic rings. The number of benzene rings is 1. The Morgan fingerprint density at radius 2 is 1.85 bits per heavy atom. The largest absolute Gasteiger partial charge is 0.493 e. The molecule has 2 aromatic rings. The van der Waals surface area contributed by atoms with Crippen molar-refractivity contribution >= 4 is 5.97 Å². The molecule has 6 heteroatoms. The first-order valence-corrected chi connectivity index (χ1v) is 5.65. The van der Waals surface area contributed by atoms with E-state index in [9.17, 15) is 9.59 Å². The monoisotopic (exact) mass is 276 g/mol. The number of methoxy groups -OCH3 is 2. The molecule has 2 rings (SSSR count). The quantitative estimate of drug-likeness (QED) is 0.919. The topological polar surface area (TPSA) is 86.0 Å². The van der Waals surface area contributed by atoms with Gasteiger partial charge in [-0.2, -0.15) is 0 Å². The number of rotatable bonds is 4. The van der Waals surface area contributed by atoms with E-state index in [0.29, 0.717) is 17.1 Å². The van der Waals surface area contributed by atoms with Crippen LogP contribution < -0.4 is 14.9 Å². The lowest BCUT2D eigenvalue weighted by Crippen LogP contribution is -2.08. The summed E-state index contributed by atoms with van der Waals surface area (Å²) in [6.07, 6.45) is 1.12. The Bertz CT molecular complexity index is 701. The Balaban J connectivity index is 2.52. The van der Waals surface area contributed by atoms with Crippen molar-refractivity contribution in [3.63, 3.8) is 0 Å². The molecule has 0 saturated carbocycles. The Morgan fingerprint density at radius 1 is 1.15 bits per heavy atom. The van der Waals surface area contributed by atoms with Crippen LogP contribution in [0, 0.1) is 0 Å². The van der Waals surface area contributed by atoms with E-state index in [1.54, 1.807) is 18.2 Å². The minimum absolute atomic E-state index is 0.246. The minimum atomic E-state index is -1.29. The van der Waals surface area contributed by atoms with Crippen LogP contribution in [0.3, 0.4) is 0 Å². The van der Waals surface area contributed by atoms with Gasteiger partial charge in [-0.1, -0.05) is 6.07 Å². The van der Waals surface area contributed by atoms with Crippen LogP contribution in [0.5, 0.6) is 11.5 Å². The van der Waals surface area contributed by atoms with E-state index in [1.165, 1.54) is 14.2 Å². The van der Waals surface area contributed by atoms with Gasteiger partial charge in [0.25, 0.3) is 0 Å². The summed E-state index contributed by atoms with van der Waals surface area (Å²) in [5, 5.41) is 8.75. The van der Waals surface area contributed by atoms with Crippen LogP contribution in [0.15, 0.2) is 39.7 Å². The summed E-state index contributed by atoms with van der Waals surface area (Å²) in [6, 6.07) is 5.87. The van der Waals surface area contributed by atoms with E-state index >= 15 is 0 Å². The van der Waals surface area contributed by atoms with Crippen LogP contribution in [0.4, 0.5) is 0 Å². The predicted molar refractivity (Wildman–Crippen MR) is 70.5 cm³/mol. The second-order valence-corrected chi connectivity index (χ2v) is 3.90. The van der Waals surface area contributed by atoms with E-state index < -0.39 is 17.2 Å². The highest BCUT2D eigenvalue weighted by Crippen LogP contribution is 2.31. The molecule has 0 amide bonds. The van der Waals surface area contributed by atoms with Gasteiger partial charge in [-0.15, -0.1) is 0 Å². The highest BCUT2D eigenvalue weighted by atomic mass is 16.5. The number of hydrogen-bond donors (Lipinski definition) is 1. The Labute approximate surface area is 114 Å². The number of aromatic carboxylic acids is 1. The molecule has 0 bridgehead atoms. The first kappa shape index (κ1) is 13.7. The maximum Gasteiger partial charge on any atom is 0.371 e. The highest BCUT2D eigenvalue weighted by Gasteiger charge is 2.12. The van der Waals surface area contributed by atoms with Crippen molar-refractivity contribution in [1.82, 2.24) is 0 Å². The van der Waals surface area contributed by atoms with Gasteiger partial charge in [-0.25, -0.2) is 4.79 Å². The average Bonchev–Trinajstić information content (AvgIpc) is 2.46. The van der Waals surface area contributed by atoms with Gasteiger partial charge in [0.15, 0.2) is 16.9 Å². The van der Waals surface area contributed by atoms with Crippen LogP contribution in [0.25, 0.3) is 11.1 Å². The predicted octanol–water partition coefficient (Wildman–Crippen LogP) is 2.02. The lowest BCUT2D eigenvalue weighted by atomic mass is 10.1. The van der Waals surface area contributed by atoms with Crippen molar-refractivity contribution in [2.45, 2.75) is 0 Å². The zero-order chi connectivity index (χ0) is 14.7. The zero-order valence-corrected chi connectivity index (χ0v) is 10.9. The summed E-state index contributed by atoms with van der Waals surface area (Å²) in [5.74, 6) is -0.699. The number of carboxylic acid groups (broad SMARTS) is 1. The van der Waals surface area contributed by atoms with E-state index in [-0.39, 0.29) is 5.56 Å². The molecule has 1 heterocycles. The Hall–Kier alpha value is -2.76. The van der Waals surface area contributed by atoms with E-state index in [0.717, 1.165) is 12.3 Å². The fourth-order valence-corrected chi connectivity index (χ4v) is 1.74. The van der Waals surface area contributed by atoms with Crippen LogP contribution >= 0.6 is 0 Å². The second kappa shape index (κ2) is 5.48. The Morgan fingerprint density at radius 3 is 2.40 bits per heavy atom. The van der Waals surface area contributed by atoms with Gasteiger partial charge < -0.3 is 19.0 Å². The fourth-order valence-electron chi connectivity index (χ4n) is 1.74. The van der Waals surface area contributed by atoms with Crippen LogP contribution in [-0.4, -0.2) is 25.3 Å². The molecule has 0 spiro atoms. The van der Waals surface area contributed by atoms with Crippen LogP contribution in [0.2, 0.25) is 0 Å². The van der Waals surface area contributed by atoms with Crippen molar-refractivity contribution < 1.29 is 23.8 Å². The summed E-state index contributed by atoms with van der Waals surface area (Å²) in [4.78, 5) is 22.6. The normalized spacial score (nSPS) is 10.1. The molecule has 0 atom stereocenters. The van der Waals surface area contributed by atoms with Gasteiger partial charge in [-0.3, -0.25) is 4.79 Å². The van der Waals surface area contributed by atoms with Crippen LogP contribution in [-0.2, 0) is 0 Å². The summed E-state index contributed by atoms with van der Waals surface area (Å²) >= 11 is 0. The summed E-state index contributed by atoms with van der Waals surface area (Å²) in [6.45, 7) is 0. The number of hydrogen-bond acceptors (Lipinski definition) is 5. The minimum Gasteiger partial charge on any atom is -0.493 e. The summed E-state index contributed by atoms with van der Waals surface area (Å²) in [7, 11) is 2.99.